The summed E-state index contributed by atoms with van der Waals surface area (Å²) in [5.41, 5.74) is 4.74. The van der Waals surface area contributed by atoms with Gasteiger partial charge in [0.2, 0.25) is 0 Å². The maximum Gasteiger partial charge on any atom is 0.0295 e. The van der Waals surface area contributed by atoms with Gasteiger partial charge in [0, 0.05) is 28.6 Å². The molecule has 1 aromatic carbocycles. The Morgan fingerprint density at radius 2 is 2.15 bits per heavy atom. The lowest BCUT2D eigenvalue weighted by molar-refractivity contribution is 0.522. The van der Waals surface area contributed by atoms with Crippen LogP contribution in [0.15, 0.2) is 18.2 Å². The van der Waals surface area contributed by atoms with Crippen molar-refractivity contribution >= 4 is 23.5 Å². The summed E-state index contributed by atoms with van der Waals surface area (Å²) >= 11 is 4.30. The Morgan fingerprint density at radius 1 is 1.25 bits per heavy atom. The van der Waals surface area contributed by atoms with Crippen LogP contribution in [-0.4, -0.2) is 35.1 Å². The van der Waals surface area contributed by atoms with Crippen LogP contribution in [0.3, 0.4) is 0 Å². The Morgan fingerprint density at radius 3 is 2.95 bits per heavy atom. The fourth-order valence-corrected chi connectivity index (χ4v) is 6.23. The molecular weight excluding hydrogens is 282 g/mol. The highest BCUT2D eigenvalue weighted by atomic mass is 32.2. The van der Waals surface area contributed by atoms with Crippen LogP contribution in [0.25, 0.3) is 0 Å². The summed E-state index contributed by atoms with van der Waals surface area (Å²) in [6.07, 6.45) is 5.13. The van der Waals surface area contributed by atoms with Crippen LogP contribution in [-0.2, 0) is 19.3 Å². The molecule has 1 aromatic rings. The van der Waals surface area contributed by atoms with Crippen molar-refractivity contribution in [2.45, 2.75) is 43.9 Å². The normalized spacial score (nSPS) is 23.6. The average Bonchev–Trinajstić information content (AvgIpc) is 2.95. The van der Waals surface area contributed by atoms with Crippen LogP contribution in [0.5, 0.6) is 0 Å². The maximum absolute atomic E-state index is 3.73. The van der Waals surface area contributed by atoms with E-state index in [-0.39, 0.29) is 0 Å². The first-order valence-electron chi connectivity index (χ1n) is 7.90. The number of hydrogen-bond donors (Lipinski definition) is 1. The van der Waals surface area contributed by atoms with Gasteiger partial charge in [0.15, 0.2) is 0 Å². The van der Waals surface area contributed by atoms with Gasteiger partial charge in [-0.15, -0.1) is 0 Å². The van der Waals surface area contributed by atoms with Crippen LogP contribution >= 0.6 is 23.5 Å². The van der Waals surface area contributed by atoms with E-state index in [0.717, 1.165) is 11.8 Å². The van der Waals surface area contributed by atoms with Crippen molar-refractivity contribution in [3.63, 3.8) is 0 Å². The molecule has 0 aromatic heterocycles. The van der Waals surface area contributed by atoms with E-state index in [0.29, 0.717) is 6.04 Å². The zero-order chi connectivity index (χ0) is 13.8. The SMILES string of the molecule is CCNC(Cc1ccc2c(c1)CCC2)C1CSCCS1. The molecule has 2 aliphatic rings. The quantitative estimate of drug-likeness (QED) is 0.893. The maximum atomic E-state index is 3.73. The molecule has 3 heteroatoms. The fourth-order valence-electron chi connectivity index (χ4n) is 3.34. The van der Waals surface area contributed by atoms with E-state index in [1.165, 1.54) is 48.5 Å². The summed E-state index contributed by atoms with van der Waals surface area (Å²) in [4.78, 5) is 0. The third-order valence-electron chi connectivity index (χ3n) is 4.38. The summed E-state index contributed by atoms with van der Waals surface area (Å²) in [5, 5.41) is 4.51. The van der Waals surface area contributed by atoms with Crippen molar-refractivity contribution in [3.05, 3.63) is 34.9 Å². The van der Waals surface area contributed by atoms with E-state index in [2.05, 4.69) is 54.0 Å². The van der Waals surface area contributed by atoms with Crippen molar-refractivity contribution in [1.29, 1.82) is 0 Å². The highest BCUT2D eigenvalue weighted by Gasteiger charge is 2.24. The minimum Gasteiger partial charge on any atom is -0.313 e. The van der Waals surface area contributed by atoms with Gasteiger partial charge in [-0.3, -0.25) is 0 Å². The highest BCUT2D eigenvalue weighted by Crippen LogP contribution is 2.29. The van der Waals surface area contributed by atoms with Gasteiger partial charge >= 0.3 is 0 Å². The van der Waals surface area contributed by atoms with Gasteiger partial charge in [-0.1, -0.05) is 25.1 Å². The third-order valence-corrected chi connectivity index (χ3v) is 7.30. The van der Waals surface area contributed by atoms with E-state index in [1.54, 1.807) is 11.1 Å². The van der Waals surface area contributed by atoms with E-state index in [4.69, 9.17) is 0 Å². The Hall–Kier alpha value is -0.120. The molecule has 0 saturated carbocycles. The van der Waals surface area contributed by atoms with E-state index >= 15 is 0 Å². The molecule has 3 rings (SSSR count). The molecule has 2 atom stereocenters. The molecular formula is C17H25NS2. The standard InChI is InChI=1S/C17H25NS2/c1-2-18-16(17-12-19-8-9-20-17)11-13-6-7-14-4-3-5-15(14)10-13/h6-7,10,16-18H,2-5,8-9,11-12H2,1H3. The summed E-state index contributed by atoms with van der Waals surface area (Å²) < 4.78 is 0. The topological polar surface area (TPSA) is 12.0 Å². The molecule has 110 valence electrons. The number of fused-ring (bicyclic) bond motifs is 1. The zero-order valence-corrected chi connectivity index (χ0v) is 14.0. The number of thioether (sulfide) groups is 2. The number of hydrogen-bond acceptors (Lipinski definition) is 3. The van der Waals surface area contributed by atoms with E-state index < -0.39 is 0 Å². The van der Waals surface area contributed by atoms with Crippen molar-refractivity contribution < 1.29 is 0 Å². The second kappa shape index (κ2) is 7.24. The lowest BCUT2D eigenvalue weighted by Crippen LogP contribution is -2.42. The fraction of sp³-hybridized carbons (Fsp3) is 0.647. The van der Waals surface area contributed by atoms with Gasteiger partial charge in [-0.05, 0) is 48.9 Å². The largest absolute Gasteiger partial charge is 0.313 e. The van der Waals surface area contributed by atoms with Crippen molar-refractivity contribution in [1.82, 2.24) is 5.32 Å². The molecule has 1 fully saturated rings. The minimum absolute atomic E-state index is 0.636. The lowest BCUT2D eigenvalue weighted by atomic mass is 9.99. The Bertz CT molecular complexity index is 441. The van der Waals surface area contributed by atoms with Gasteiger partial charge in [-0.2, -0.15) is 23.5 Å². The molecule has 1 N–H and O–H groups in total. The van der Waals surface area contributed by atoms with Crippen LogP contribution < -0.4 is 5.32 Å². The van der Waals surface area contributed by atoms with Crippen LogP contribution in [0.1, 0.15) is 30.0 Å². The molecule has 1 aliphatic heterocycles. The smallest absolute Gasteiger partial charge is 0.0295 e. The first kappa shape index (κ1) is 14.8. The number of benzene rings is 1. The first-order chi connectivity index (χ1) is 9.86. The molecule has 20 heavy (non-hydrogen) atoms. The molecule has 1 heterocycles. The molecule has 0 bridgehead atoms. The second-order valence-corrected chi connectivity index (χ2v) is 8.31. The van der Waals surface area contributed by atoms with Gasteiger partial charge in [0.25, 0.3) is 0 Å². The summed E-state index contributed by atoms with van der Waals surface area (Å²) in [7, 11) is 0. The Balaban J connectivity index is 1.68. The molecule has 0 amide bonds. The molecule has 1 saturated heterocycles. The second-order valence-electron chi connectivity index (χ2n) is 5.81. The van der Waals surface area contributed by atoms with E-state index in [1.807, 2.05) is 0 Å². The molecule has 0 spiro atoms. The molecule has 0 radical (unpaired) electrons. The van der Waals surface area contributed by atoms with Gasteiger partial charge in [-0.25, -0.2) is 0 Å². The molecule has 1 aliphatic carbocycles. The minimum atomic E-state index is 0.636. The van der Waals surface area contributed by atoms with Crippen LogP contribution in [0.2, 0.25) is 0 Å². The third kappa shape index (κ3) is 3.55. The monoisotopic (exact) mass is 307 g/mol. The van der Waals surface area contributed by atoms with Gasteiger partial charge in [0.05, 0.1) is 0 Å². The number of likely N-dealkylation sites (N-methyl/N-ethyl adjacent to an activating group) is 1. The van der Waals surface area contributed by atoms with Crippen LogP contribution in [0.4, 0.5) is 0 Å². The Kier molecular flexibility index (Phi) is 5.36. The number of aryl methyl sites for hydroxylation is 2. The van der Waals surface area contributed by atoms with Crippen molar-refractivity contribution in [3.8, 4) is 0 Å². The summed E-state index contributed by atoms with van der Waals surface area (Å²) in [6, 6.07) is 7.86. The summed E-state index contributed by atoms with van der Waals surface area (Å²) in [5.74, 6) is 3.97. The molecule has 2 unspecified atom stereocenters. The highest BCUT2D eigenvalue weighted by molar-refractivity contribution is 8.06. The number of rotatable bonds is 5. The Labute approximate surface area is 131 Å². The molecule has 1 nitrogen and oxygen atoms in total. The number of nitrogens with one attached hydrogen (secondary N) is 1. The van der Waals surface area contributed by atoms with Crippen LogP contribution in [0, 0.1) is 0 Å². The average molecular weight is 308 g/mol. The van der Waals surface area contributed by atoms with Gasteiger partial charge < -0.3 is 5.32 Å². The lowest BCUT2D eigenvalue weighted by Gasteiger charge is -2.30. The first-order valence-corrected chi connectivity index (χ1v) is 10.1. The van der Waals surface area contributed by atoms with E-state index in [9.17, 15) is 0 Å². The zero-order valence-electron chi connectivity index (χ0n) is 12.4. The predicted octanol–water partition coefficient (Wildman–Crippen LogP) is 3.54. The predicted molar refractivity (Wildman–Crippen MR) is 93.2 cm³/mol. The summed E-state index contributed by atoms with van der Waals surface area (Å²) in [6.45, 7) is 3.31. The van der Waals surface area contributed by atoms with Gasteiger partial charge in [0.1, 0.15) is 0 Å². The van der Waals surface area contributed by atoms with Crippen molar-refractivity contribution in [2.75, 3.05) is 23.8 Å². The van der Waals surface area contributed by atoms with Crippen molar-refractivity contribution in [2.24, 2.45) is 0 Å².